The van der Waals surface area contributed by atoms with Crippen LogP contribution in [0.25, 0.3) is 0 Å². The second-order valence-corrected chi connectivity index (χ2v) is 19.1. The number of carbonyl (C=O) groups is 2. The van der Waals surface area contributed by atoms with Gasteiger partial charge in [0.2, 0.25) is 5.91 Å². The highest BCUT2D eigenvalue weighted by Crippen LogP contribution is 2.17. The van der Waals surface area contributed by atoms with Gasteiger partial charge in [-0.1, -0.05) is 254 Å². The van der Waals surface area contributed by atoms with Gasteiger partial charge in [0, 0.05) is 6.42 Å². The van der Waals surface area contributed by atoms with Gasteiger partial charge in [-0.2, -0.15) is 0 Å². The van der Waals surface area contributed by atoms with E-state index in [-0.39, 0.29) is 24.9 Å². The summed E-state index contributed by atoms with van der Waals surface area (Å²) in [5.41, 5.74) is 0. The van der Waals surface area contributed by atoms with E-state index in [9.17, 15) is 19.8 Å². The topological polar surface area (TPSA) is 95.9 Å². The average molecular weight is 923 g/mol. The first kappa shape index (κ1) is 63.3. The van der Waals surface area contributed by atoms with Crippen LogP contribution >= 0.6 is 0 Å². The van der Waals surface area contributed by atoms with Crippen LogP contribution in [0.3, 0.4) is 0 Å². The van der Waals surface area contributed by atoms with E-state index in [0.29, 0.717) is 19.3 Å². The van der Waals surface area contributed by atoms with Crippen molar-refractivity contribution in [3.63, 3.8) is 0 Å². The molecule has 0 heterocycles. The molecule has 0 aromatic carbocycles. The first-order valence-electron chi connectivity index (χ1n) is 28.2. The summed E-state index contributed by atoms with van der Waals surface area (Å²) >= 11 is 0. The normalized spacial score (nSPS) is 13.7. The fourth-order valence-electron chi connectivity index (χ4n) is 8.32. The van der Waals surface area contributed by atoms with Crippen LogP contribution in [0.5, 0.6) is 0 Å². The van der Waals surface area contributed by atoms with Gasteiger partial charge in [0.1, 0.15) is 6.10 Å². The summed E-state index contributed by atoms with van der Waals surface area (Å²) in [6.45, 7) is 6.44. The number of ether oxygens (including phenoxy) is 1. The molecule has 0 rings (SSSR count). The molecule has 0 radical (unpaired) electrons. The molecule has 0 bridgehead atoms. The van der Waals surface area contributed by atoms with Gasteiger partial charge >= 0.3 is 5.97 Å². The van der Waals surface area contributed by atoms with Gasteiger partial charge in [-0.05, 0) is 77.0 Å². The van der Waals surface area contributed by atoms with Crippen molar-refractivity contribution in [2.24, 2.45) is 0 Å². The summed E-state index contributed by atoms with van der Waals surface area (Å²) in [4.78, 5) is 26.2. The summed E-state index contributed by atoms with van der Waals surface area (Å²) in [6, 6.07) is -0.718. The third-order valence-electron chi connectivity index (χ3n) is 12.6. The molecule has 3 N–H and O–H groups in total. The van der Waals surface area contributed by atoms with Crippen LogP contribution in [-0.4, -0.2) is 46.9 Å². The number of carbonyl (C=O) groups excluding carboxylic acids is 2. The minimum Gasteiger partial charge on any atom is -0.462 e. The molecule has 0 spiro atoms. The first-order valence-corrected chi connectivity index (χ1v) is 28.2. The molecular formula is C60H107NO5. The SMILES string of the molecule is CCCCC/C=C/C=C/C=C/C=C/CCCCCCCC(=O)OC(CCCCC/C=C/C=C/CCCCCCCCC)CC(=O)NC(CO)C(O)CCCCCCCCCCCCCCC. The summed E-state index contributed by atoms with van der Waals surface area (Å²) in [5, 5.41) is 23.8. The maximum absolute atomic E-state index is 13.2. The Morgan fingerprint density at radius 2 is 0.773 bits per heavy atom. The van der Waals surface area contributed by atoms with Crippen molar-refractivity contribution < 1.29 is 24.5 Å². The Balaban J connectivity index is 4.68. The summed E-state index contributed by atoms with van der Waals surface area (Å²) in [6.07, 6.45) is 68.1. The fourth-order valence-corrected chi connectivity index (χ4v) is 8.32. The quantitative estimate of drug-likeness (QED) is 0.0321. The minimum absolute atomic E-state index is 0.0479. The van der Waals surface area contributed by atoms with Gasteiger partial charge in [-0.25, -0.2) is 0 Å². The third kappa shape index (κ3) is 47.8. The molecule has 1 amide bonds. The van der Waals surface area contributed by atoms with Crippen LogP contribution in [0.4, 0.5) is 0 Å². The Morgan fingerprint density at radius 3 is 1.23 bits per heavy atom. The van der Waals surface area contributed by atoms with Crippen LogP contribution in [0.15, 0.2) is 72.9 Å². The second kappa shape index (κ2) is 53.3. The number of unbranched alkanes of at least 4 members (excludes halogenated alkanes) is 30. The second-order valence-electron chi connectivity index (χ2n) is 19.1. The molecule has 6 nitrogen and oxygen atoms in total. The lowest BCUT2D eigenvalue weighted by Gasteiger charge is -2.24. The predicted octanol–water partition coefficient (Wildman–Crippen LogP) is 17.3. The van der Waals surface area contributed by atoms with Gasteiger partial charge in [-0.3, -0.25) is 9.59 Å². The summed E-state index contributed by atoms with van der Waals surface area (Å²) in [7, 11) is 0. The number of nitrogens with one attached hydrogen (secondary N) is 1. The van der Waals surface area contributed by atoms with Crippen LogP contribution in [-0.2, 0) is 14.3 Å². The summed E-state index contributed by atoms with van der Waals surface area (Å²) in [5.74, 6) is -0.523. The highest BCUT2D eigenvalue weighted by molar-refractivity contribution is 5.77. The van der Waals surface area contributed by atoms with Gasteiger partial charge in [0.05, 0.1) is 25.2 Å². The van der Waals surface area contributed by atoms with Gasteiger partial charge in [0.25, 0.3) is 0 Å². The molecule has 0 aromatic heterocycles. The Morgan fingerprint density at radius 1 is 0.439 bits per heavy atom. The zero-order chi connectivity index (χ0) is 48.1. The number of allylic oxidation sites excluding steroid dienone is 12. The molecule has 6 heteroatoms. The fraction of sp³-hybridized carbons (Fsp3) is 0.767. The van der Waals surface area contributed by atoms with Crippen molar-refractivity contribution in [2.75, 3.05) is 6.61 Å². The standard InChI is InChI=1S/C60H107NO5/c1-4-7-10-13-16-19-22-25-27-29-30-32-35-38-41-44-47-50-53-60(65)66-56(51-48-45-42-39-36-34-31-28-26-23-20-17-14-11-8-5-2)54-59(64)61-57(55-62)58(63)52-49-46-43-40-37-33-24-21-18-15-12-9-6-3/h16,19,22,25,27-32,34,36,56-58,62-63H,4-15,17-18,20-21,23-24,26,33,35,37-55H2,1-3H3,(H,61,64)/b19-16+,25-22+,29-27+,31-28+,32-30+,36-34+. The maximum Gasteiger partial charge on any atom is 0.306 e. The number of hydrogen-bond donors (Lipinski definition) is 3. The van der Waals surface area contributed by atoms with E-state index >= 15 is 0 Å². The van der Waals surface area contributed by atoms with E-state index in [1.807, 2.05) is 0 Å². The van der Waals surface area contributed by atoms with Crippen molar-refractivity contribution in [1.29, 1.82) is 0 Å². The molecule has 0 fully saturated rings. The average Bonchev–Trinajstić information content (AvgIpc) is 3.31. The van der Waals surface area contributed by atoms with Gasteiger partial charge in [0.15, 0.2) is 0 Å². The van der Waals surface area contributed by atoms with Gasteiger partial charge < -0.3 is 20.3 Å². The van der Waals surface area contributed by atoms with E-state index in [2.05, 4.69) is 99.0 Å². The lowest BCUT2D eigenvalue weighted by Crippen LogP contribution is -2.46. The number of rotatable bonds is 50. The lowest BCUT2D eigenvalue weighted by atomic mass is 10.0. The Bertz CT molecular complexity index is 1220. The van der Waals surface area contributed by atoms with Crippen LogP contribution in [0, 0.1) is 0 Å². The van der Waals surface area contributed by atoms with Crippen molar-refractivity contribution in [1.82, 2.24) is 5.32 Å². The molecule has 0 aliphatic heterocycles. The van der Waals surface area contributed by atoms with E-state index in [0.717, 1.165) is 96.3 Å². The van der Waals surface area contributed by atoms with Crippen molar-refractivity contribution in [2.45, 2.75) is 289 Å². The summed E-state index contributed by atoms with van der Waals surface area (Å²) < 4.78 is 5.94. The van der Waals surface area contributed by atoms with Crippen LogP contribution < -0.4 is 5.32 Å². The van der Waals surface area contributed by atoms with E-state index < -0.39 is 18.2 Å². The molecular weight excluding hydrogens is 815 g/mol. The van der Waals surface area contributed by atoms with E-state index in [1.54, 1.807) is 0 Å². The van der Waals surface area contributed by atoms with Crippen molar-refractivity contribution in [3.05, 3.63) is 72.9 Å². The van der Waals surface area contributed by atoms with Crippen molar-refractivity contribution in [3.8, 4) is 0 Å². The number of esters is 1. The highest BCUT2D eigenvalue weighted by Gasteiger charge is 2.24. The molecule has 0 aliphatic rings. The Kier molecular flexibility index (Phi) is 51.1. The lowest BCUT2D eigenvalue weighted by molar-refractivity contribution is -0.151. The molecule has 0 saturated heterocycles. The Labute approximate surface area is 409 Å². The zero-order valence-corrected chi connectivity index (χ0v) is 43.6. The first-order chi connectivity index (χ1) is 32.5. The van der Waals surface area contributed by atoms with Crippen molar-refractivity contribution >= 4 is 11.9 Å². The molecule has 3 atom stereocenters. The minimum atomic E-state index is -0.802. The smallest absolute Gasteiger partial charge is 0.306 e. The number of hydrogen-bond acceptors (Lipinski definition) is 5. The highest BCUT2D eigenvalue weighted by atomic mass is 16.5. The number of amides is 1. The third-order valence-corrected chi connectivity index (χ3v) is 12.6. The van der Waals surface area contributed by atoms with Gasteiger partial charge in [-0.15, -0.1) is 0 Å². The maximum atomic E-state index is 13.2. The zero-order valence-electron chi connectivity index (χ0n) is 43.6. The van der Waals surface area contributed by atoms with Crippen LogP contribution in [0.2, 0.25) is 0 Å². The molecule has 382 valence electrons. The molecule has 3 unspecified atom stereocenters. The molecule has 0 saturated carbocycles. The Hall–Kier alpha value is -2.70. The predicted molar refractivity (Wildman–Crippen MR) is 287 cm³/mol. The number of aliphatic hydroxyl groups excluding tert-OH is 2. The molecule has 0 aromatic rings. The van der Waals surface area contributed by atoms with Crippen LogP contribution in [0.1, 0.15) is 271 Å². The number of aliphatic hydroxyl groups is 2. The molecule has 0 aliphatic carbocycles. The van der Waals surface area contributed by atoms with E-state index in [1.165, 1.54) is 128 Å². The van der Waals surface area contributed by atoms with E-state index in [4.69, 9.17) is 4.74 Å². The molecule has 66 heavy (non-hydrogen) atoms. The largest absolute Gasteiger partial charge is 0.462 e. The monoisotopic (exact) mass is 922 g/mol.